The maximum atomic E-state index is 13.0. The first kappa shape index (κ1) is 18.2. The van der Waals surface area contributed by atoms with E-state index in [4.69, 9.17) is 4.74 Å². The maximum Gasteiger partial charge on any atom is 0.407 e. The molecule has 26 heavy (non-hydrogen) atoms. The number of hydrogen-bond acceptors (Lipinski definition) is 4. The molecule has 2 unspecified atom stereocenters. The Morgan fingerprint density at radius 2 is 1.92 bits per heavy atom. The number of nitrogens with zero attached hydrogens (tertiary/aromatic N) is 3. The highest BCUT2D eigenvalue weighted by atomic mass is 16.6. The van der Waals surface area contributed by atoms with Gasteiger partial charge in [0, 0.05) is 25.5 Å². The molecular formula is C19H26N4O3. The zero-order chi connectivity index (χ0) is 19.1. The molecule has 1 aliphatic heterocycles. The van der Waals surface area contributed by atoms with E-state index in [2.05, 4.69) is 10.4 Å². The summed E-state index contributed by atoms with van der Waals surface area (Å²) in [5.74, 6) is 0.0311. The lowest BCUT2D eigenvalue weighted by atomic mass is 10.1. The van der Waals surface area contributed by atoms with Gasteiger partial charge in [-0.2, -0.15) is 5.10 Å². The Morgan fingerprint density at radius 1 is 1.23 bits per heavy atom. The first-order valence-electron chi connectivity index (χ1n) is 8.86. The predicted molar refractivity (Wildman–Crippen MR) is 98.9 cm³/mol. The van der Waals surface area contributed by atoms with Gasteiger partial charge in [0.1, 0.15) is 5.60 Å². The first-order valence-corrected chi connectivity index (χ1v) is 8.86. The van der Waals surface area contributed by atoms with Crippen LogP contribution in [-0.2, 0) is 11.8 Å². The third-order valence-electron chi connectivity index (χ3n) is 4.56. The lowest BCUT2D eigenvalue weighted by molar-refractivity contribution is 0.0494. The third kappa shape index (κ3) is 3.66. The number of rotatable bonds is 2. The first-order chi connectivity index (χ1) is 12.2. The van der Waals surface area contributed by atoms with Gasteiger partial charge in [0.25, 0.3) is 5.91 Å². The van der Waals surface area contributed by atoms with Crippen LogP contribution in [0, 0.1) is 5.92 Å². The average molecular weight is 358 g/mol. The van der Waals surface area contributed by atoms with Gasteiger partial charge in [-0.3, -0.25) is 9.48 Å². The van der Waals surface area contributed by atoms with Crippen molar-refractivity contribution >= 4 is 22.9 Å². The highest BCUT2D eigenvalue weighted by molar-refractivity contribution is 6.05. The number of amides is 2. The number of carbonyl (C=O) groups excluding carboxylic acids is 2. The van der Waals surface area contributed by atoms with E-state index in [9.17, 15) is 9.59 Å². The molecule has 0 aliphatic carbocycles. The smallest absolute Gasteiger partial charge is 0.407 e. The second kappa shape index (κ2) is 6.63. The van der Waals surface area contributed by atoms with Gasteiger partial charge in [0.15, 0.2) is 5.69 Å². The summed E-state index contributed by atoms with van der Waals surface area (Å²) >= 11 is 0. The molecule has 1 saturated heterocycles. The zero-order valence-electron chi connectivity index (χ0n) is 15.9. The largest absolute Gasteiger partial charge is 0.444 e. The predicted octanol–water partition coefficient (Wildman–Crippen LogP) is 2.56. The molecule has 1 aromatic carbocycles. The molecule has 7 nitrogen and oxygen atoms in total. The van der Waals surface area contributed by atoms with E-state index in [-0.39, 0.29) is 17.9 Å². The van der Waals surface area contributed by atoms with Crippen molar-refractivity contribution in [2.24, 2.45) is 13.0 Å². The molecule has 1 aliphatic rings. The van der Waals surface area contributed by atoms with Gasteiger partial charge in [-0.05, 0) is 32.8 Å². The quantitative estimate of drug-likeness (QED) is 0.895. The third-order valence-corrected chi connectivity index (χ3v) is 4.56. The van der Waals surface area contributed by atoms with Gasteiger partial charge in [-0.15, -0.1) is 0 Å². The van der Waals surface area contributed by atoms with Crippen molar-refractivity contribution in [1.82, 2.24) is 20.0 Å². The summed E-state index contributed by atoms with van der Waals surface area (Å²) in [7, 11) is 1.83. The summed E-state index contributed by atoms with van der Waals surface area (Å²) in [6, 6.07) is 7.55. The maximum absolute atomic E-state index is 13.0. The Bertz CT molecular complexity index is 837. The van der Waals surface area contributed by atoms with Crippen LogP contribution in [0.25, 0.3) is 10.9 Å². The van der Waals surface area contributed by atoms with Crippen molar-refractivity contribution in [2.75, 3.05) is 13.1 Å². The van der Waals surface area contributed by atoms with Crippen LogP contribution in [0.3, 0.4) is 0 Å². The number of ether oxygens (including phenoxy) is 1. The number of aromatic nitrogens is 2. The van der Waals surface area contributed by atoms with E-state index in [1.165, 1.54) is 0 Å². The van der Waals surface area contributed by atoms with Crippen LogP contribution in [0.5, 0.6) is 0 Å². The minimum Gasteiger partial charge on any atom is -0.444 e. The Hall–Kier alpha value is -2.57. The van der Waals surface area contributed by atoms with E-state index < -0.39 is 11.7 Å². The number of carbonyl (C=O) groups is 2. The molecule has 2 atom stereocenters. The summed E-state index contributed by atoms with van der Waals surface area (Å²) in [6.45, 7) is 8.52. The van der Waals surface area contributed by atoms with Crippen molar-refractivity contribution in [1.29, 1.82) is 0 Å². The van der Waals surface area contributed by atoms with E-state index in [0.29, 0.717) is 18.8 Å². The molecule has 3 rings (SSSR count). The summed E-state index contributed by atoms with van der Waals surface area (Å²) in [6.07, 6.45) is -0.452. The van der Waals surface area contributed by atoms with Crippen molar-refractivity contribution in [3.63, 3.8) is 0 Å². The van der Waals surface area contributed by atoms with Gasteiger partial charge >= 0.3 is 6.09 Å². The minimum absolute atomic E-state index is 0.109. The number of para-hydroxylation sites is 1. The number of likely N-dealkylation sites (tertiary alicyclic amines) is 1. The average Bonchev–Trinajstić information content (AvgIpc) is 3.06. The van der Waals surface area contributed by atoms with Gasteiger partial charge in [-0.25, -0.2) is 4.79 Å². The fourth-order valence-corrected chi connectivity index (χ4v) is 3.30. The lowest BCUT2D eigenvalue weighted by Gasteiger charge is -2.23. The molecule has 1 aromatic heterocycles. The standard InChI is InChI=1S/C19H26N4O3/c1-12-10-23(11-14(12)20-18(25)26-19(2,3)4)17(24)16-13-8-6-7-9-15(13)22(5)21-16/h6-9,12,14H,10-11H2,1-5H3,(H,20,25). The van der Waals surface area contributed by atoms with E-state index in [1.807, 2.05) is 59.0 Å². The number of benzene rings is 1. The zero-order valence-corrected chi connectivity index (χ0v) is 15.9. The Labute approximate surface area is 153 Å². The monoisotopic (exact) mass is 358 g/mol. The second-order valence-electron chi connectivity index (χ2n) is 7.93. The molecule has 2 amide bonds. The number of fused-ring (bicyclic) bond motifs is 1. The SMILES string of the molecule is CC1CN(C(=O)c2nn(C)c3ccccc23)CC1NC(=O)OC(C)(C)C. The molecule has 2 heterocycles. The van der Waals surface area contributed by atoms with E-state index in [0.717, 1.165) is 10.9 Å². The summed E-state index contributed by atoms with van der Waals surface area (Å²) in [4.78, 5) is 26.8. The number of hydrogen-bond donors (Lipinski definition) is 1. The molecule has 1 N–H and O–H groups in total. The summed E-state index contributed by atoms with van der Waals surface area (Å²) in [5.41, 5.74) is 0.827. The lowest BCUT2D eigenvalue weighted by Crippen LogP contribution is -2.43. The highest BCUT2D eigenvalue weighted by Crippen LogP contribution is 2.23. The second-order valence-corrected chi connectivity index (χ2v) is 7.93. The molecule has 2 aromatic rings. The van der Waals surface area contributed by atoms with Crippen LogP contribution in [0.1, 0.15) is 38.2 Å². The van der Waals surface area contributed by atoms with Crippen LogP contribution >= 0.6 is 0 Å². The Morgan fingerprint density at radius 3 is 2.62 bits per heavy atom. The van der Waals surface area contributed by atoms with Crippen LogP contribution in [0.2, 0.25) is 0 Å². The number of nitrogens with one attached hydrogen (secondary N) is 1. The van der Waals surface area contributed by atoms with Gasteiger partial charge in [0.2, 0.25) is 0 Å². The van der Waals surface area contributed by atoms with Gasteiger partial charge in [-0.1, -0.05) is 25.1 Å². The van der Waals surface area contributed by atoms with Crippen LogP contribution in [-0.4, -0.2) is 51.4 Å². The molecule has 0 saturated carbocycles. The fraction of sp³-hybridized carbons (Fsp3) is 0.526. The Balaban J connectivity index is 1.72. The van der Waals surface area contributed by atoms with Crippen molar-refractivity contribution < 1.29 is 14.3 Å². The fourth-order valence-electron chi connectivity index (χ4n) is 3.30. The molecule has 7 heteroatoms. The molecular weight excluding hydrogens is 332 g/mol. The van der Waals surface area contributed by atoms with E-state index >= 15 is 0 Å². The minimum atomic E-state index is -0.547. The Kier molecular flexibility index (Phi) is 4.64. The molecule has 0 bridgehead atoms. The summed E-state index contributed by atoms with van der Waals surface area (Å²) in [5, 5.41) is 8.13. The normalized spacial score (nSPS) is 20.4. The highest BCUT2D eigenvalue weighted by Gasteiger charge is 2.36. The van der Waals surface area contributed by atoms with Gasteiger partial charge in [0.05, 0.1) is 11.6 Å². The molecule has 0 radical (unpaired) electrons. The van der Waals surface area contributed by atoms with Crippen LogP contribution < -0.4 is 5.32 Å². The van der Waals surface area contributed by atoms with Gasteiger partial charge < -0.3 is 15.0 Å². The van der Waals surface area contributed by atoms with Crippen molar-refractivity contribution in [3.05, 3.63) is 30.0 Å². The summed E-state index contributed by atoms with van der Waals surface area (Å²) < 4.78 is 7.04. The number of aryl methyl sites for hydroxylation is 1. The topological polar surface area (TPSA) is 76.5 Å². The number of alkyl carbamates (subject to hydrolysis) is 1. The molecule has 1 fully saturated rings. The van der Waals surface area contributed by atoms with Crippen LogP contribution in [0.4, 0.5) is 4.79 Å². The van der Waals surface area contributed by atoms with Crippen LogP contribution in [0.15, 0.2) is 24.3 Å². The van der Waals surface area contributed by atoms with Crippen molar-refractivity contribution in [3.8, 4) is 0 Å². The molecule has 0 spiro atoms. The molecule has 140 valence electrons. The van der Waals surface area contributed by atoms with E-state index in [1.54, 1.807) is 9.58 Å². The van der Waals surface area contributed by atoms with Crippen molar-refractivity contribution in [2.45, 2.75) is 39.3 Å².